The number of hydrogen-bond acceptors (Lipinski definition) is 5. The maximum absolute atomic E-state index is 13.5. The fourth-order valence-corrected chi connectivity index (χ4v) is 3.98. The zero-order chi connectivity index (χ0) is 21.6. The van der Waals surface area contributed by atoms with Crippen LogP contribution in [0.15, 0.2) is 61.1 Å². The summed E-state index contributed by atoms with van der Waals surface area (Å²) in [6, 6.07) is 12.2. The molecule has 4 rings (SSSR count). The summed E-state index contributed by atoms with van der Waals surface area (Å²) in [6.45, 7) is 0. The van der Waals surface area contributed by atoms with Crippen LogP contribution in [0, 0.1) is 11.7 Å². The van der Waals surface area contributed by atoms with Crippen molar-refractivity contribution >= 4 is 17.4 Å². The van der Waals surface area contributed by atoms with Crippen LogP contribution in [0.5, 0.6) is 5.75 Å². The highest BCUT2D eigenvalue weighted by Crippen LogP contribution is 2.32. The van der Waals surface area contributed by atoms with Crippen molar-refractivity contribution in [3.8, 4) is 16.9 Å². The van der Waals surface area contributed by atoms with Gasteiger partial charge in [0.25, 0.3) is 0 Å². The standard InChI is InChI=1S/C24H25FN4O2/c1-31-22-15-18(25)4-7-21(22)17-8-13-27-23(14-17)29-24(30)16-2-5-19(6-3-16)28-20-9-11-26-12-10-20/h4,7-16,19H,2-3,5-6H2,1H3,(H,26,28)(H,27,29,30)/t16-,19+. The Balaban J connectivity index is 1.37. The number of carbonyl (C=O) groups excluding carboxylic acids is 1. The molecule has 1 aromatic carbocycles. The van der Waals surface area contributed by atoms with Gasteiger partial charge in [0.15, 0.2) is 0 Å². The molecule has 1 saturated carbocycles. The van der Waals surface area contributed by atoms with Crippen molar-refractivity contribution in [3.05, 3.63) is 66.9 Å². The number of anilines is 2. The number of ether oxygens (including phenoxy) is 1. The van der Waals surface area contributed by atoms with Crippen LogP contribution in [0.2, 0.25) is 0 Å². The minimum absolute atomic E-state index is 0.0157. The van der Waals surface area contributed by atoms with Gasteiger partial charge in [0.1, 0.15) is 17.4 Å². The Morgan fingerprint density at radius 2 is 1.81 bits per heavy atom. The molecule has 160 valence electrons. The number of methoxy groups -OCH3 is 1. The molecule has 2 heterocycles. The normalized spacial score (nSPS) is 18.3. The van der Waals surface area contributed by atoms with Crippen LogP contribution in [0.1, 0.15) is 25.7 Å². The van der Waals surface area contributed by atoms with Gasteiger partial charge < -0.3 is 15.4 Å². The molecule has 7 heteroatoms. The van der Waals surface area contributed by atoms with Gasteiger partial charge in [-0.3, -0.25) is 9.78 Å². The van der Waals surface area contributed by atoms with Crippen molar-refractivity contribution < 1.29 is 13.9 Å². The predicted molar refractivity (Wildman–Crippen MR) is 118 cm³/mol. The topological polar surface area (TPSA) is 76.1 Å². The number of nitrogens with one attached hydrogen (secondary N) is 2. The predicted octanol–water partition coefficient (Wildman–Crippen LogP) is 4.90. The highest BCUT2D eigenvalue weighted by molar-refractivity contribution is 5.92. The van der Waals surface area contributed by atoms with Crippen LogP contribution >= 0.6 is 0 Å². The maximum Gasteiger partial charge on any atom is 0.228 e. The second-order valence-electron chi connectivity index (χ2n) is 7.69. The SMILES string of the molecule is COc1cc(F)ccc1-c1ccnc(NC(=O)[C@H]2CC[C@@H](Nc3ccncc3)CC2)c1. The largest absolute Gasteiger partial charge is 0.496 e. The summed E-state index contributed by atoms with van der Waals surface area (Å²) in [6.07, 6.45) is 8.67. The Bertz CT molecular complexity index is 1040. The van der Waals surface area contributed by atoms with Gasteiger partial charge in [-0.2, -0.15) is 0 Å². The Kier molecular flexibility index (Phi) is 6.40. The van der Waals surface area contributed by atoms with Gasteiger partial charge in [-0.25, -0.2) is 9.37 Å². The van der Waals surface area contributed by atoms with Crippen LogP contribution < -0.4 is 15.4 Å². The van der Waals surface area contributed by atoms with Crippen molar-refractivity contribution in [1.29, 1.82) is 0 Å². The molecule has 0 aliphatic heterocycles. The molecule has 2 aromatic heterocycles. The summed E-state index contributed by atoms with van der Waals surface area (Å²) in [5, 5.41) is 6.45. The fourth-order valence-electron chi connectivity index (χ4n) is 3.98. The molecule has 31 heavy (non-hydrogen) atoms. The molecule has 6 nitrogen and oxygen atoms in total. The first-order valence-corrected chi connectivity index (χ1v) is 10.4. The lowest BCUT2D eigenvalue weighted by Crippen LogP contribution is -2.32. The summed E-state index contributed by atoms with van der Waals surface area (Å²) in [5.41, 5.74) is 2.59. The van der Waals surface area contributed by atoms with Crippen LogP contribution in [-0.4, -0.2) is 29.0 Å². The minimum atomic E-state index is -0.364. The lowest BCUT2D eigenvalue weighted by molar-refractivity contribution is -0.120. The first kappa shape index (κ1) is 20.8. The zero-order valence-electron chi connectivity index (χ0n) is 17.3. The van der Waals surface area contributed by atoms with E-state index in [0.29, 0.717) is 17.6 Å². The lowest BCUT2D eigenvalue weighted by Gasteiger charge is -2.29. The van der Waals surface area contributed by atoms with Crippen LogP contribution in [0.3, 0.4) is 0 Å². The number of aromatic nitrogens is 2. The quantitative estimate of drug-likeness (QED) is 0.593. The molecule has 3 aromatic rings. The number of nitrogens with zero attached hydrogens (tertiary/aromatic N) is 2. The van der Waals surface area contributed by atoms with E-state index in [0.717, 1.165) is 42.5 Å². The summed E-state index contributed by atoms with van der Waals surface area (Å²) < 4.78 is 18.8. The molecule has 0 spiro atoms. The molecule has 0 radical (unpaired) electrons. The Hall–Kier alpha value is -3.48. The lowest BCUT2D eigenvalue weighted by atomic mass is 9.85. The molecular weight excluding hydrogens is 395 g/mol. The van der Waals surface area contributed by atoms with E-state index in [-0.39, 0.29) is 17.6 Å². The van der Waals surface area contributed by atoms with Gasteiger partial charge in [-0.1, -0.05) is 0 Å². The van der Waals surface area contributed by atoms with Crippen LogP contribution in [0.4, 0.5) is 15.9 Å². The van der Waals surface area contributed by atoms with Gasteiger partial charge >= 0.3 is 0 Å². The van der Waals surface area contributed by atoms with Crippen molar-refractivity contribution in [2.75, 3.05) is 17.7 Å². The third-order valence-corrected chi connectivity index (χ3v) is 5.63. The molecule has 0 bridgehead atoms. The van der Waals surface area contributed by atoms with E-state index in [9.17, 15) is 9.18 Å². The van der Waals surface area contributed by atoms with E-state index >= 15 is 0 Å². The van der Waals surface area contributed by atoms with Crippen molar-refractivity contribution in [1.82, 2.24) is 9.97 Å². The number of rotatable bonds is 6. The second kappa shape index (κ2) is 9.55. The average molecular weight is 420 g/mol. The Morgan fingerprint density at radius 3 is 2.55 bits per heavy atom. The summed E-state index contributed by atoms with van der Waals surface area (Å²) >= 11 is 0. The maximum atomic E-state index is 13.5. The van der Waals surface area contributed by atoms with Gasteiger partial charge in [0.05, 0.1) is 7.11 Å². The van der Waals surface area contributed by atoms with E-state index in [1.54, 1.807) is 36.8 Å². The van der Waals surface area contributed by atoms with Gasteiger partial charge in [-0.05, 0) is 67.6 Å². The Labute approximate surface area is 180 Å². The third-order valence-electron chi connectivity index (χ3n) is 5.63. The van der Waals surface area contributed by atoms with Gasteiger partial charge in [0, 0.05) is 47.9 Å². The number of benzene rings is 1. The third kappa shape index (κ3) is 5.17. The number of halogens is 1. The van der Waals surface area contributed by atoms with Gasteiger partial charge in [0.2, 0.25) is 5.91 Å². The first-order chi connectivity index (χ1) is 15.1. The molecule has 0 saturated heterocycles. The summed E-state index contributed by atoms with van der Waals surface area (Å²) in [4.78, 5) is 21.1. The molecule has 1 amide bonds. The van der Waals surface area contributed by atoms with E-state index in [1.807, 2.05) is 12.1 Å². The van der Waals surface area contributed by atoms with E-state index in [4.69, 9.17) is 4.74 Å². The summed E-state index contributed by atoms with van der Waals surface area (Å²) in [5.74, 6) is 0.492. The van der Waals surface area contributed by atoms with Gasteiger partial charge in [-0.15, -0.1) is 0 Å². The van der Waals surface area contributed by atoms with E-state index in [1.165, 1.54) is 19.2 Å². The fraction of sp³-hybridized carbons (Fsp3) is 0.292. The molecule has 0 unspecified atom stereocenters. The molecule has 2 N–H and O–H groups in total. The Morgan fingerprint density at radius 1 is 1.03 bits per heavy atom. The van der Waals surface area contributed by atoms with E-state index < -0.39 is 0 Å². The summed E-state index contributed by atoms with van der Waals surface area (Å²) in [7, 11) is 1.50. The molecule has 1 aliphatic rings. The minimum Gasteiger partial charge on any atom is -0.496 e. The van der Waals surface area contributed by atoms with E-state index in [2.05, 4.69) is 20.6 Å². The zero-order valence-corrected chi connectivity index (χ0v) is 17.3. The molecular formula is C24H25FN4O2. The van der Waals surface area contributed by atoms with Crippen molar-refractivity contribution in [3.63, 3.8) is 0 Å². The van der Waals surface area contributed by atoms with Crippen LogP contribution in [-0.2, 0) is 4.79 Å². The number of amides is 1. The number of carbonyl (C=O) groups is 1. The van der Waals surface area contributed by atoms with Crippen molar-refractivity contribution in [2.45, 2.75) is 31.7 Å². The molecule has 1 aliphatic carbocycles. The highest BCUT2D eigenvalue weighted by atomic mass is 19.1. The monoisotopic (exact) mass is 420 g/mol. The van der Waals surface area contributed by atoms with Crippen LogP contribution in [0.25, 0.3) is 11.1 Å². The number of pyridine rings is 2. The smallest absolute Gasteiger partial charge is 0.228 e. The number of hydrogen-bond donors (Lipinski definition) is 2. The first-order valence-electron chi connectivity index (χ1n) is 10.4. The molecule has 0 atom stereocenters. The molecule has 1 fully saturated rings. The second-order valence-corrected chi connectivity index (χ2v) is 7.69. The average Bonchev–Trinajstić information content (AvgIpc) is 2.80. The highest BCUT2D eigenvalue weighted by Gasteiger charge is 2.26. The van der Waals surface area contributed by atoms with Crippen molar-refractivity contribution in [2.24, 2.45) is 5.92 Å².